The first-order valence-electron chi connectivity index (χ1n) is 8.65. The summed E-state index contributed by atoms with van der Waals surface area (Å²) in [4.78, 5) is 12.4. The second-order valence-electron chi connectivity index (χ2n) is 6.88. The van der Waals surface area contributed by atoms with Crippen molar-refractivity contribution in [3.05, 3.63) is 28.3 Å². The summed E-state index contributed by atoms with van der Waals surface area (Å²) in [5.74, 6) is 0.699. The van der Waals surface area contributed by atoms with E-state index in [-0.39, 0.29) is 5.91 Å². The smallest absolute Gasteiger partial charge is 0.224 e. The van der Waals surface area contributed by atoms with E-state index in [1.807, 2.05) is 0 Å². The van der Waals surface area contributed by atoms with Gasteiger partial charge in [0.05, 0.1) is 0 Å². The lowest BCUT2D eigenvalue weighted by Crippen LogP contribution is -2.17. The molecular weight excluding hydrogens is 258 g/mol. The molecule has 1 unspecified atom stereocenters. The molecule has 0 spiro atoms. The summed E-state index contributed by atoms with van der Waals surface area (Å²) in [5.41, 5.74) is 7.06. The topological polar surface area (TPSA) is 29.1 Å². The van der Waals surface area contributed by atoms with Gasteiger partial charge in [0.1, 0.15) is 0 Å². The van der Waals surface area contributed by atoms with E-state index in [0.29, 0.717) is 12.3 Å². The number of benzene rings is 1. The predicted molar refractivity (Wildman–Crippen MR) is 87.8 cm³/mol. The number of rotatable bonds is 5. The standard InChI is InChI=1S/C19H27NO/c1-3-6-13(2)11-18(21)20-19-16-9-4-7-14(16)12-15-8-5-10-17(15)19/h12-13H,3-11H2,1-2H3,(H,20,21). The van der Waals surface area contributed by atoms with E-state index in [9.17, 15) is 4.79 Å². The maximum Gasteiger partial charge on any atom is 0.224 e. The number of nitrogens with one attached hydrogen (secondary N) is 1. The first-order chi connectivity index (χ1) is 10.2. The molecule has 0 aliphatic heterocycles. The summed E-state index contributed by atoms with van der Waals surface area (Å²) in [6.07, 6.45) is 10.1. The number of carbonyl (C=O) groups is 1. The van der Waals surface area contributed by atoms with Crippen LogP contribution >= 0.6 is 0 Å². The molecule has 1 aromatic carbocycles. The number of hydrogen-bond donors (Lipinski definition) is 1. The Morgan fingerprint density at radius 1 is 1.14 bits per heavy atom. The van der Waals surface area contributed by atoms with Crippen LogP contribution in [0.25, 0.3) is 0 Å². The number of fused-ring (bicyclic) bond motifs is 2. The van der Waals surface area contributed by atoms with Gasteiger partial charge in [0.2, 0.25) is 5.91 Å². The highest BCUT2D eigenvalue weighted by Gasteiger charge is 2.25. The summed E-state index contributed by atoms with van der Waals surface area (Å²) in [5, 5.41) is 3.29. The quantitative estimate of drug-likeness (QED) is 0.852. The van der Waals surface area contributed by atoms with Crippen LogP contribution in [0.1, 0.15) is 68.2 Å². The van der Waals surface area contributed by atoms with E-state index >= 15 is 0 Å². The molecule has 2 aliphatic carbocycles. The zero-order valence-electron chi connectivity index (χ0n) is 13.4. The molecule has 1 atom stereocenters. The maximum absolute atomic E-state index is 12.4. The van der Waals surface area contributed by atoms with Crippen molar-refractivity contribution in [2.75, 3.05) is 5.32 Å². The molecule has 0 bridgehead atoms. The Kier molecular flexibility index (Phi) is 4.32. The first kappa shape index (κ1) is 14.6. The number of anilines is 1. The van der Waals surface area contributed by atoms with Gasteiger partial charge in [-0.25, -0.2) is 0 Å². The zero-order valence-corrected chi connectivity index (χ0v) is 13.4. The lowest BCUT2D eigenvalue weighted by atomic mass is 9.97. The number of carbonyl (C=O) groups excluding carboxylic acids is 1. The highest BCUT2D eigenvalue weighted by molar-refractivity contribution is 5.93. The largest absolute Gasteiger partial charge is 0.326 e. The van der Waals surface area contributed by atoms with Gasteiger partial charge < -0.3 is 5.32 Å². The van der Waals surface area contributed by atoms with Crippen LogP contribution in [0.4, 0.5) is 5.69 Å². The van der Waals surface area contributed by atoms with Crippen LogP contribution in [0.3, 0.4) is 0 Å². The van der Waals surface area contributed by atoms with Gasteiger partial charge in [-0.05, 0) is 66.7 Å². The first-order valence-corrected chi connectivity index (χ1v) is 8.65. The van der Waals surface area contributed by atoms with Crippen LogP contribution in [0, 0.1) is 5.92 Å². The van der Waals surface area contributed by atoms with Crippen molar-refractivity contribution < 1.29 is 4.79 Å². The Morgan fingerprint density at radius 3 is 2.33 bits per heavy atom. The van der Waals surface area contributed by atoms with Crippen LogP contribution in [-0.2, 0) is 30.5 Å². The molecule has 0 heterocycles. The fourth-order valence-electron chi connectivity index (χ4n) is 4.07. The van der Waals surface area contributed by atoms with Gasteiger partial charge in [-0.2, -0.15) is 0 Å². The zero-order chi connectivity index (χ0) is 14.8. The van der Waals surface area contributed by atoms with Gasteiger partial charge in [-0.15, -0.1) is 0 Å². The third kappa shape index (κ3) is 3.00. The van der Waals surface area contributed by atoms with Crippen molar-refractivity contribution in [3.8, 4) is 0 Å². The van der Waals surface area contributed by atoms with E-state index in [1.165, 1.54) is 53.6 Å². The Bertz CT molecular complexity index is 515. The average Bonchev–Trinajstić information content (AvgIpc) is 3.06. The van der Waals surface area contributed by atoms with E-state index in [2.05, 4.69) is 25.2 Å². The molecule has 0 aromatic heterocycles. The number of aryl methyl sites for hydroxylation is 2. The summed E-state index contributed by atoms with van der Waals surface area (Å²) < 4.78 is 0. The van der Waals surface area contributed by atoms with E-state index < -0.39 is 0 Å². The SMILES string of the molecule is CCCC(C)CC(=O)Nc1c2c(cc3c1CCC3)CCC2. The second-order valence-corrected chi connectivity index (χ2v) is 6.88. The predicted octanol–water partition coefficient (Wildman–Crippen LogP) is 4.43. The molecule has 2 heteroatoms. The van der Waals surface area contributed by atoms with Crippen molar-refractivity contribution in [2.24, 2.45) is 5.92 Å². The number of hydrogen-bond acceptors (Lipinski definition) is 1. The molecule has 1 N–H and O–H groups in total. The summed E-state index contributed by atoms with van der Waals surface area (Å²) in [7, 11) is 0. The minimum atomic E-state index is 0.213. The summed E-state index contributed by atoms with van der Waals surface area (Å²) in [6.45, 7) is 4.37. The summed E-state index contributed by atoms with van der Waals surface area (Å²) >= 11 is 0. The Morgan fingerprint density at radius 2 is 1.76 bits per heavy atom. The molecule has 3 rings (SSSR count). The molecule has 1 aromatic rings. The van der Waals surface area contributed by atoms with Crippen LogP contribution < -0.4 is 5.32 Å². The third-order valence-corrected chi connectivity index (χ3v) is 5.05. The Hall–Kier alpha value is -1.31. The highest BCUT2D eigenvalue weighted by atomic mass is 16.1. The molecule has 21 heavy (non-hydrogen) atoms. The lowest BCUT2D eigenvalue weighted by molar-refractivity contribution is -0.117. The molecule has 0 saturated carbocycles. The molecule has 0 saturated heterocycles. The van der Waals surface area contributed by atoms with Crippen molar-refractivity contribution in [1.29, 1.82) is 0 Å². The van der Waals surface area contributed by atoms with E-state index in [0.717, 1.165) is 25.7 Å². The van der Waals surface area contributed by atoms with Crippen LogP contribution in [0.15, 0.2) is 6.07 Å². The molecule has 114 valence electrons. The average molecular weight is 285 g/mol. The van der Waals surface area contributed by atoms with Crippen molar-refractivity contribution in [3.63, 3.8) is 0 Å². The fourth-order valence-corrected chi connectivity index (χ4v) is 4.07. The molecule has 2 nitrogen and oxygen atoms in total. The van der Waals surface area contributed by atoms with Gasteiger partial charge in [0, 0.05) is 12.1 Å². The van der Waals surface area contributed by atoms with Crippen molar-refractivity contribution in [2.45, 2.75) is 71.6 Å². The van der Waals surface area contributed by atoms with Gasteiger partial charge in [0.15, 0.2) is 0 Å². The monoisotopic (exact) mass is 285 g/mol. The van der Waals surface area contributed by atoms with Crippen LogP contribution in [-0.4, -0.2) is 5.91 Å². The second kappa shape index (κ2) is 6.21. The molecular formula is C19H27NO. The lowest BCUT2D eigenvalue weighted by Gasteiger charge is -2.17. The maximum atomic E-state index is 12.4. The van der Waals surface area contributed by atoms with Gasteiger partial charge >= 0.3 is 0 Å². The Labute approximate surface area is 128 Å². The van der Waals surface area contributed by atoms with Crippen LogP contribution in [0.2, 0.25) is 0 Å². The van der Waals surface area contributed by atoms with E-state index in [1.54, 1.807) is 0 Å². The van der Waals surface area contributed by atoms with Crippen LogP contribution in [0.5, 0.6) is 0 Å². The normalized spacial score (nSPS) is 17.4. The molecule has 0 fully saturated rings. The van der Waals surface area contributed by atoms with Crippen molar-refractivity contribution in [1.82, 2.24) is 0 Å². The van der Waals surface area contributed by atoms with Gasteiger partial charge in [0.25, 0.3) is 0 Å². The van der Waals surface area contributed by atoms with Crippen molar-refractivity contribution >= 4 is 11.6 Å². The third-order valence-electron chi connectivity index (χ3n) is 5.05. The fraction of sp³-hybridized carbons (Fsp3) is 0.632. The minimum Gasteiger partial charge on any atom is -0.326 e. The van der Waals surface area contributed by atoms with Gasteiger partial charge in [-0.3, -0.25) is 4.79 Å². The Balaban J connectivity index is 1.81. The van der Waals surface area contributed by atoms with Gasteiger partial charge in [-0.1, -0.05) is 32.8 Å². The molecule has 2 aliphatic rings. The minimum absolute atomic E-state index is 0.213. The molecule has 0 radical (unpaired) electrons. The summed E-state index contributed by atoms with van der Waals surface area (Å²) in [6, 6.07) is 2.42. The highest BCUT2D eigenvalue weighted by Crippen LogP contribution is 2.38. The molecule has 1 amide bonds. The number of amides is 1. The van der Waals surface area contributed by atoms with E-state index in [4.69, 9.17) is 0 Å².